The van der Waals surface area contributed by atoms with Gasteiger partial charge < -0.3 is 4.98 Å². The molecule has 0 atom stereocenters. The van der Waals surface area contributed by atoms with Gasteiger partial charge in [0.2, 0.25) is 0 Å². The number of hydrogen-bond acceptors (Lipinski definition) is 1. The summed E-state index contributed by atoms with van der Waals surface area (Å²) in [6, 6.07) is 4.57. The Morgan fingerprint density at radius 2 is 2.19 bits per heavy atom. The fraction of sp³-hybridized carbons (Fsp3) is 0.308. The molecule has 0 radical (unpaired) electrons. The highest BCUT2D eigenvalue weighted by atomic mass is 19.1. The lowest BCUT2D eigenvalue weighted by Crippen LogP contribution is -2.03. The second-order valence-electron chi connectivity index (χ2n) is 4.45. The molecule has 3 rings (SSSR count). The maximum absolute atomic E-state index is 13.1. The zero-order chi connectivity index (χ0) is 11.3. The summed E-state index contributed by atoms with van der Waals surface area (Å²) in [6.07, 6.45) is 1.98. The maximum Gasteiger partial charge on any atom is 0.182 e. The van der Waals surface area contributed by atoms with Crippen molar-refractivity contribution in [2.24, 2.45) is 5.92 Å². The van der Waals surface area contributed by atoms with Crippen molar-refractivity contribution in [1.82, 2.24) is 4.98 Å². The van der Waals surface area contributed by atoms with E-state index in [2.05, 4.69) is 4.98 Å². The number of carbonyl (C=O) groups excluding carboxylic acids is 1. The van der Waals surface area contributed by atoms with Crippen LogP contribution in [-0.2, 0) is 0 Å². The molecule has 0 saturated heterocycles. The molecule has 0 amide bonds. The summed E-state index contributed by atoms with van der Waals surface area (Å²) < 4.78 is 13.1. The van der Waals surface area contributed by atoms with Crippen LogP contribution in [0.2, 0.25) is 0 Å². The minimum Gasteiger partial charge on any atom is -0.352 e. The quantitative estimate of drug-likeness (QED) is 0.770. The van der Waals surface area contributed by atoms with Gasteiger partial charge >= 0.3 is 0 Å². The van der Waals surface area contributed by atoms with E-state index in [4.69, 9.17) is 0 Å². The van der Waals surface area contributed by atoms with Gasteiger partial charge in [0.1, 0.15) is 5.82 Å². The van der Waals surface area contributed by atoms with Gasteiger partial charge in [0.25, 0.3) is 0 Å². The molecule has 0 spiro atoms. The van der Waals surface area contributed by atoms with E-state index in [-0.39, 0.29) is 17.5 Å². The van der Waals surface area contributed by atoms with Crippen LogP contribution in [-0.4, -0.2) is 10.8 Å². The third kappa shape index (κ3) is 1.35. The number of Topliss-reactive ketones (excluding diaryl/α,β-unsaturated/α-hetero) is 1. The largest absolute Gasteiger partial charge is 0.352 e. The summed E-state index contributed by atoms with van der Waals surface area (Å²) >= 11 is 0. The maximum atomic E-state index is 13.1. The van der Waals surface area contributed by atoms with Gasteiger partial charge in [-0.1, -0.05) is 0 Å². The number of carbonyl (C=O) groups is 1. The van der Waals surface area contributed by atoms with Crippen molar-refractivity contribution in [3.05, 3.63) is 35.3 Å². The molecular formula is C13H12FNO. The predicted molar refractivity (Wildman–Crippen MR) is 60.0 cm³/mol. The average molecular weight is 217 g/mol. The van der Waals surface area contributed by atoms with Crippen LogP contribution in [0.4, 0.5) is 4.39 Å². The van der Waals surface area contributed by atoms with Crippen molar-refractivity contribution in [3.8, 4) is 0 Å². The highest BCUT2D eigenvalue weighted by Gasteiger charge is 2.32. The van der Waals surface area contributed by atoms with E-state index >= 15 is 0 Å². The van der Waals surface area contributed by atoms with Gasteiger partial charge in [-0.2, -0.15) is 0 Å². The number of halogens is 1. The topological polar surface area (TPSA) is 32.9 Å². The molecule has 1 N–H and O–H groups in total. The third-order valence-electron chi connectivity index (χ3n) is 3.21. The molecule has 1 aliphatic carbocycles. The normalized spacial score (nSPS) is 15.6. The average Bonchev–Trinajstić information content (AvgIpc) is 3.05. The zero-order valence-electron chi connectivity index (χ0n) is 9.01. The van der Waals surface area contributed by atoms with Gasteiger partial charge in [0.15, 0.2) is 5.78 Å². The molecule has 2 aromatic rings. The summed E-state index contributed by atoms with van der Waals surface area (Å²) in [6.45, 7) is 1.87. The van der Waals surface area contributed by atoms with E-state index in [1.807, 2.05) is 6.92 Å². The van der Waals surface area contributed by atoms with Crippen LogP contribution in [0.5, 0.6) is 0 Å². The molecule has 1 aromatic carbocycles. The molecular weight excluding hydrogens is 205 g/mol. The van der Waals surface area contributed by atoms with Crippen molar-refractivity contribution in [1.29, 1.82) is 0 Å². The third-order valence-corrected chi connectivity index (χ3v) is 3.21. The molecule has 0 unspecified atom stereocenters. The molecule has 2 nitrogen and oxygen atoms in total. The molecule has 0 bridgehead atoms. The van der Waals surface area contributed by atoms with Crippen LogP contribution in [0.15, 0.2) is 18.2 Å². The molecule has 1 aliphatic rings. The Labute approximate surface area is 92.5 Å². The van der Waals surface area contributed by atoms with Crippen LogP contribution in [0.25, 0.3) is 10.9 Å². The first-order valence-electron chi connectivity index (χ1n) is 5.49. The molecule has 3 heteroatoms. The van der Waals surface area contributed by atoms with Gasteiger partial charge in [-0.15, -0.1) is 0 Å². The van der Waals surface area contributed by atoms with Crippen molar-refractivity contribution in [2.75, 3.05) is 0 Å². The predicted octanol–water partition coefficient (Wildman–Crippen LogP) is 3.21. The molecule has 1 heterocycles. The molecule has 1 fully saturated rings. The number of aromatic nitrogens is 1. The van der Waals surface area contributed by atoms with E-state index in [1.54, 1.807) is 6.07 Å². The lowest BCUT2D eigenvalue weighted by molar-refractivity contribution is 0.0963. The standard InChI is InChI=1S/C13H12FNO/c1-7-10-6-9(14)4-5-11(10)15-12(7)13(16)8-2-3-8/h4-6,8,15H,2-3H2,1H3. The van der Waals surface area contributed by atoms with Gasteiger partial charge in [0.05, 0.1) is 5.69 Å². The molecule has 0 aliphatic heterocycles. The van der Waals surface area contributed by atoms with E-state index in [0.717, 1.165) is 29.3 Å². The van der Waals surface area contributed by atoms with Crippen LogP contribution in [0, 0.1) is 18.7 Å². The number of fused-ring (bicyclic) bond motifs is 1. The highest BCUT2D eigenvalue weighted by Crippen LogP contribution is 2.34. The van der Waals surface area contributed by atoms with E-state index in [9.17, 15) is 9.18 Å². The van der Waals surface area contributed by atoms with Gasteiger partial charge in [0, 0.05) is 16.8 Å². The first-order valence-corrected chi connectivity index (χ1v) is 5.49. The SMILES string of the molecule is Cc1c(C(=O)C2CC2)[nH]c2ccc(F)cc12. The van der Waals surface area contributed by atoms with Gasteiger partial charge in [-0.3, -0.25) is 4.79 Å². The van der Waals surface area contributed by atoms with Crippen molar-refractivity contribution in [2.45, 2.75) is 19.8 Å². The molecule has 1 aromatic heterocycles. The minimum absolute atomic E-state index is 0.175. The lowest BCUT2D eigenvalue weighted by atomic mass is 10.1. The van der Waals surface area contributed by atoms with Crippen molar-refractivity contribution >= 4 is 16.7 Å². The summed E-state index contributed by atoms with van der Waals surface area (Å²) in [4.78, 5) is 15.1. The van der Waals surface area contributed by atoms with Crippen molar-refractivity contribution < 1.29 is 9.18 Å². The first kappa shape index (κ1) is 9.58. The zero-order valence-corrected chi connectivity index (χ0v) is 9.01. The van der Waals surface area contributed by atoms with Gasteiger partial charge in [-0.25, -0.2) is 4.39 Å². The second kappa shape index (κ2) is 3.17. The second-order valence-corrected chi connectivity index (χ2v) is 4.45. The summed E-state index contributed by atoms with van der Waals surface area (Å²) in [5.41, 5.74) is 2.36. The number of rotatable bonds is 2. The Morgan fingerprint density at radius 3 is 2.88 bits per heavy atom. The Kier molecular flexibility index (Phi) is 1.90. The van der Waals surface area contributed by atoms with Crippen LogP contribution in [0.3, 0.4) is 0 Å². The summed E-state index contributed by atoms with van der Waals surface area (Å²) in [5.74, 6) is 0.103. The van der Waals surface area contributed by atoms with Crippen molar-refractivity contribution in [3.63, 3.8) is 0 Å². The van der Waals surface area contributed by atoms with E-state index in [0.29, 0.717) is 5.69 Å². The minimum atomic E-state index is -0.264. The summed E-state index contributed by atoms with van der Waals surface area (Å²) in [5, 5.41) is 0.809. The monoisotopic (exact) mass is 217 g/mol. The molecule has 1 saturated carbocycles. The van der Waals surface area contributed by atoms with Gasteiger partial charge in [-0.05, 0) is 43.5 Å². The Hall–Kier alpha value is -1.64. The smallest absolute Gasteiger partial charge is 0.182 e. The van der Waals surface area contributed by atoms with E-state index in [1.165, 1.54) is 12.1 Å². The van der Waals surface area contributed by atoms with Crippen LogP contribution in [0.1, 0.15) is 28.9 Å². The Bertz CT molecular complexity index is 581. The number of H-pyrrole nitrogens is 1. The Balaban J connectivity index is 2.18. The first-order chi connectivity index (χ1) is 7.66. The highest BCUT2D eigenvalue weighted by molar-refractivity contribution is 6.04. The number of aryl methyl sites for hydroxylation is 1. The Morgan fingerprint density at radius 1 is 1.44 bits per heavy atom. The number of benzene rings is 1. The van der Waals surface area contributed by atoms with E-state index < -0.39 is 0 Å². The lowest BCUT2D eigenvalue weighted by Gasteiger charge is -1.96. The molecule has 82 valence electrons. The molecule has 16 heavy (non-hydrogen) atoms. The van der Waals surface area contributed by atoms with Crippen LogP contribution < -0.4 is 0 Å². The number of hydrogen-bond donors (Lipinski definition) is 1. The number of nitrogens with one attached hydrogen (secondary N) is 1. The summed E-state index contributed by atoms with van der Waals surface area (Å²) in [7, 11) is 0. The van der Waals surface area contributed by atoms with Crippen LogP contribution >= 0.6 is 0 Å². The number of ketones is 1. The fourth-order valence-electron chi connectivity index (χ4n) is 2.09. The fourth-order valence-corrected chi connectivity index (χ4v) is 2.09. The number of aromatic amines is 1.